The van der Waals surface area contributed by atoms with Crippen LogP contribution in [0.15, 0.2) is 41.3 Å². The van der Waals surface area contributed by atoms with Gasteiger partial charge in [0.2, 0.25) is 5.82 Å². The third-order valence-electron chi connectivity index (χ3n) is 3.77. The average molecular weight is 343 g/mol. The molecular formula is C18H21N3O4. The van der Waals surface area contributed by atoms with Crippen molar-refractivity contribution in [3.8, 4) is 0 Å². The average Bonchev–Trinajstić information content (AvgIpc) is 2.63. The van der Waals surface area contributed by atoms with E-state index >= 15 is 0 Å². The molecule has 7 heteroatoms. The van der Waals surface area contributed by atoms with E-state index in [1.807, 2.05) is 6.92 Å². The second-order valence-corrected chi connectivity index (χ2v) is 5.47. The number of carbonyl (C=O) groups excluding carboxylic acids is 2. The maximum Gasteiger partial charge on any atom is 0.374 e. The lowest BCUT2D eigenvalue weighted by molar-refractivity contribution is 0.0501. The van der Waals surface area contributed by atoms with Crippen LogP contribution >= 0.6 is 0 Å². The van der Waals surface area contributed by atoms with Gasteiger partial charge in [0, 0.05) is 11.6 Å². The summed E-state index contributed by atoms with van der Waals surface area (Å²) in [4.78, 5) is 41.1. The van der Waals surface area contributed by atoms with E-state index < -0.39 is 17.4 Å². The fourth-order valence-corrected chi connectivity index (χ4v) is 2.28. The minimum absolute atomic E-state index is 0.0159. The number of hydrogen-bond acceptors (Lipinski definition) is 5. The van der Waals surface area contributed by atoms with Gasteiger partial charge >= 0.3 is 5.97 Å². The van der Waals surface area contributed by atoms with Crippen LogP contribution in [0.4, 0.5) is 5.69 Å². The molecular weight excluding hydrogens is 322 g/mol. The third kappa shape index (κ3) is 4.12. The van der Waals surface area contributed by atoms with Crippen LogP contribution in [0.1, 0.15) is 54.2 Å². The van der Waals surface area contributed by atoms with E-state index in [0.29, 0.717) is 12.0 Å². The van der Waals surface area contributed by atoms with E-state index in [4.69, 9.17) is 4.74 Å². The molecule has 1 heterocycles. The van der Waals surface area contributed by atoms with Gasteiger partial charge in [-0.2, -0.15) is 0 Å². The van der Waals surface area contributed by atoms with Crippen molar-refractivity contribution in [2.45, 2.75) is 33.2 Å². The Morgan fingerprint density at radius 2 is 1.92 bits per heavy atom. The summed E-state index contributed by atoms with van der Waals surface area (Å²) in [7, 11) is 0. The first-order valence-electron chi connectivity index (χ1n) is 8.14. The second-order valence-electron chi connectivity index (χ2n) is 5.47. The number of aromatic nitrogens is 2. The fraction of sp³-hybridized carbons (Fsp3) is 0.333. The van der Waals surface area contributed by atoms with E-state index in [-0.39, 0.29) is 24.2 Å². The first-order valence-corrected chi connectivity index (χ1v) is 8.14. The number of benzene rings is 1. The molecule has 132 valence electrons. The monoisotopic (exact) mass is 343 g/mol. The fourth-order valence-electron chi connectivity index (χ4n) is 2.28. The second kappa shape index (κ2) is 8.23. The number of anilines is 1. The Balaban J connectivity index is 2.42. The first-order chi connectivity index (χ1) is 12.0. The standard InChI is InChI=1S/C18H21N3O4/c1-4-12(3)21-15(18(24)25-5-2)19-11-14(17(21)23)20-16(22)13-9-7-6-8-10-13/h6-12H,4-5H2,1-3H3,(H,20,22). The summed E-state index contributed by atoms with van der Waals surface area (Å²) < 4.78 is 6.22. The van der Waals surface area contributed by atoms with E-state index in [0.717, 1.165) is 0 Å². The Labute approximate surface area is 145 Å². The molecule has 0 spiro atoms. The summed E-state index contributed by atoms with van der Waals surface area (Å²) in [5.74, 6) is -1.15. The Kier molecular flexibility index (Phi) is 6.05. The molecule has 1 aromatic heterocycles. The molecule has 0 aliphatic heterocycles. The van der Waals surface area contributed by atoms with Crippen molar-refractivity contribution in [3.63, 3.8) is 0 Å². The van der Waals surface area contributed by atoms with Crippen molar-refractivity contribution in [2.75, 3.05) is 11.9 Å². The van der Waals surface area contributed by atoms with Gasteiger partial charge in [-0.15, -0.1) is 0 Å². The van der Waals surface area contributed by atoms with Crippen LogP contribution in [0.25, 0.3) is 0 Å². The van der Waals surface area contributed by atoms with Crippen LogP contribution in [-0.4, -0.2) is 28.0 Å². The summed E-state index contributed by atoms with van der Waals surface area (Å²) in [5, 5.41) is 2.56. The number of hydrogen-bond donors (Lipinski definition) is 1. The maximum atomic E-state index is 12.8. The van der Waals surface area contributed by atoms with Crippen LogP contribution in [0, 0.1) is 0 Å². The van der Waals surface area contributed by atoms with Gasteiger partial charge in [-0.05, 0) is 32.4 Å². The highest BCUT2D eigenvalue weighted by molar-refractivity contribution is 6.04. The van der Waals surface area contributed by atoms with Crippen molar-refractivity contribution >= 4 is 17.6 Å². The number of rotatable bonds is 6. The number of ether oxygens (including phenoxy) is 1. The molecule has 1 aromatic carbocycles. The van der Waals surface area contributed by atoms with Crippen molar-refractivity contribution < 1.29 is 14.3 Å². The molecule has 1 N–H and O–H groups in total. The molecule has 0 aliphatic carbocycles. The number of nitrogens with one attached hydrogen (secondary N) is 1. The van der Waals surface area contributed by atoms with Crippen LogP contribution in [0.3, 0.4) is 0 Å². The summed E-state index contributed by atoms with van der Waals surface area (Å²) >= 11 is 0. The quantitative estimate of drug-likeness (QED) is 0.814. The predicted molar refractivity (Wildman–Crippen MR) is 93.9 cm³/mol. The highest BCUT2D eigenvalue weighted by atomic mass is 16.5. The molecule has 25 heavy (non-hydrogen) atoms. The minimum atomic E-state index is -0.666. The van der Waals surface area contributed by atoms with E-state index in [1.54, 1.807) is 44.2 Å². The van der Waals surface area contributed by atoms with Crippen molar-refractivity contribution in [1.82, 2.24) is 9.55 Å². The summed E-state index contributed by atoms with van der Waals surface area (Å²) in [6, 6.07) is 8.27. The third-order valence-corrected chi connectivity index (χ3v) is 3.77. The normalized spacial score (nSPS) is 11.6. The largest absolute Gasteiger partial charge is 0.460 e. The number of amides is 1. The smallest absolute Gasteiger partial charge is 0.374 e. The molecule has 2 aromatic rings. The van der Waals surface area contributed by atoms with Gasteiger partial charge in [0.1, 0.15) is 5.69 Å². The SMILES string of the molecule is CCOC(=O)c1ncc(NC(=O)c2ccccc2)c(=O)n1C(C)CC. The molecule has 0 saturated carbocycles. The molecule has 0 bridgehead atoms. The van der Waals surface area contributed by atoms with Crippen molar-refractivity contribution in [1.29, 1.82) is 0 Å². The van der Waals surface area contributed by atoms with Gasteiger partial charge in [0.25, 0.3) is 11.5 Å². The summed E-state index contributed by atoms with van der Waals surface area (Å²) in [5.41, 5.74) is -0.0506. The molecule has 2 rings (SSSR count). The summed E-state index contributed by atoms with van der Waals surface area (Å²) in [6.45, 7) is 5.55. The molecule has 0 saturated heterocycles. The molecule has 0 fully saturated rings. The zero-order valence-corrected chi connectivity index (χ0v) is 14.5. The number of carbonyl (C=O) groups is 2. The van der Waals surface area contributed by atoms with E-state index in [9.17, 15) is 14.4 Å². The lowest BCUT2D eigenvalue weighted by Gasteiger charge is -2.18. The summed E-state index contributed by atoms with van der Waals surface area (Å²) in [6.07, 6.45) is 1.80. The van der Waals surface area contributed by atoms with Crippen molar-refractivity contribution in [2.24, 2.45) is 0 Å². The zero-order valence-electron chi connectivity index (χ0n) is 14.5. The van der Waals surface area contributed by atoms with E-state index in [1.165, 1.54) is 10.8 Å². The Bertz CT molecular complexity index is 815. The van der Waals surface area contributed by atoms with Gasteiger partial charge in [-0.1, -0.05) is 25.1 Å². The first kappa shape index (κ1) is 18.4. The Morgan fingerprint density at radius 3 is 2.52 bits per heavy atom. The van der Waals surface area contributed by atoms with Gasteiger partial charge in [0.05, 0.1) is 12.8 Å². The van der Waals surface area contributed by atoms with Gasteiger partial charge in [0.15, 0.2) is 0 Å². The molecule has 0 radical (unpaired) electrons. The van der Waals surface area contributed by atoms with Crippen LogP contribution in [0.5, 0.6) is 0 Å². The zero-order chi connectivity index (χ0) is 18.4. The lowest BCUT2D eigenvalue weighted by Crippen LogP contribution is -2.33. The Hall–Kier alpha value is -2.96. The highest BCUT2D eigenvalue weighted by Crippen LogP contribution is 2.13. The van der Waals surface area contributed by atoms with Gasteiger partial charge < -0.3 is 10.1 Å². The van der Waals surface area contributed by atoms with Crippen LogP contribution < -0.4 is 10.9 Å². The van der Waals surface area contributed by atoms with Gasteiger partial charge in [-0.3, -0.25) is 14.2 Å². The maximum absolute atomic E-state index is 12.8. The molecule has 1 unspecified atom stereocenters. The lowest BCUT2D eigenvalue weighted by atomic mass is 10.2. The van der Waals surface area contributed by atoms with Crippen molar-refractivity contribution in [3.05, 3.63) is 58.3 Å². The molecule has 7 nitrogen and oxygen atoms in total. The van der Waals surface area contributed by atoms with Crippen LogP contribution in [-0.2, 0) is 4.74 Å². The van der Waals surface area contributed by atoms with E-state index in [2.05, 4.69) is 10.3 Å². The Morgan fingerprint density at radius 1 is 1.24 bits per heavy atom. The predicted octanol–water partition coefficient (Wildman–Crippen LogP) is 2.64. The number of esters is 1. The molecule has 0 aliphatic rings. The topological polar surface area (TPSA) is 90.3 Å². The van der Waals surface area contributed by atoms with Crippen LogP contribution in [0.2, 0.25) is 0 Å². The van der Waals surface area contributed by atoms with Gasteiger partial charge in [-0.25, -0.2) is 9.78 Å². The molecule has 1 amide bonds. The number of nitrogens with zero attached hydrogens (tertiary/aromatic N) is 2. The molecule has 1 atom stereocenters. The highest BCUT2D eigenvalue weighted by Gasteiger charge is 2.21. The minimum Gasteiger partial charge on any atom is -0.460 e.